The predicted molar refractivity (Wildman–Crippen MR) is 102 cm³/mol. The summed E-state index contributed by atoms with van der Waals surface area (Å²) in [4.78, 5) is 18.6. The molecule has 0 radical (unpaired) electrons. The topological polar surface area (TPSA) is 41.9 Å². The van der Waals surface area contributed by atoms with Crippen LogP contribution < -0.4 is 4.90 Å². The van der Waals surface area contributed by atoms with Gasteiger partial charge in [-0.3, -0.25) is 0 Å². The van der Waals surface area contributed by atoms with Crippen LogP contribution in [0.1, 0.15) is 25.0 Å². The molecule has 0 fully saturated rings. The Labute approximate surface area is 152 Å². The van der Waals surface area contributed by atoms with Crippen molar-refractivity contribution in [2.75, 3.05) is 18.0 Å². The summed E-state index contributed by atoms with van der Waals surface area (Å²) in [6.07, 6.45) is 1.73. The van der Waals surface area contributed by atoms with Crippen molar-refractivity contribution in [1.29, 1.82) is 0 Å². The van der Waals surface area contributed by atoms with Crippen LogP contribution in [0.3, 0.4) is 0 Å². The van der Waals surface area contributed by atoms with E-state index in [1.165, 1.54) is 0 Å². The lowest BCUT2D eigenvalue weighted by Crippen LogP contribution is -2.21. The molecule has 0 amide bonds. The van der Waals surface area contributed by atoms with Crippen LogP contribution >= 0.6 is 11.6 Å². The number of cyclic esters (lactones) is 1. The lowest BCUT2D eigenvalue weighted by Gasteiger charge is -2.20. The van der Waals surface area contributed by atoms with E-state index in [-0.39, 0.29) is 0 Å². The average molecular weight is 355 g/mol. The number of nitrogens with zero attached hydrogens (tertiary/aromatic N) is 2. The Morgan fingerprint density at radius 2 is 1.68 bits per heavy atom. The maximum Gasteiger partial charge on any atom is 0.363 e. The largest absolute Gasteiger partial charge is 0.402 e. The Balaban J connectivity index is 1.83. The molecule has 3 rings (SSSR count). The number of rotatable bonds is 5. The Morgan fingerprint density at radius 3 is 2.28 bits per heavy atom. The molecule has 2 aromatic rings. The molecule has 4 nitrogen and oxygen atoms in total. The number of carbonyl (C=O) groups excluding carboxylic acids is 1. The Morgan fingerprint density at radius 1 is 1.04 bits per heavy atom. The van der Waals surface area contributed by atoms with Gasteiger partial charge in [-0.1, -0.05) is 23.7 Å². The summed E-state index contributed by atoms with van der Waals surface area (Å²) in [6.45, 7) is 6.16. The molecule has 1 aliphatic heterocycles. The first-order valence-corrected chi connectivity index (χ1v) is 8.62. The van der Waals surface area contributed by atoms with Gasteiger partial charge in [0.2, 0.25) is 5.90 Å². The van der Waals surface area contributed by atoms with Gasteiger partial charge in [0.05, 0.1) is 0 Å². The zero-order valence-corrected chi connectivity index (χ0v) is 15.0. The van der Waals surface area contributed by atoms with Crippen LogP contribution in [0.4, 0.5) is 5.69 Å². The fourth-order valence-electron chi connectivity index (χ4n) is 2.65. The van der Waals surface area contributed by atoms with Gasteiger partial charge in [0, 0.05) is 29.4 Å². The van der Waals surface area contributed by atoms with Crippen LogP contribution in [0, 0.1) is 0 Å². The van der Waals surface area contributed by atoms with Crippen molar-refractivity contribution in [2.45, 2.75) is 13.8 Å². The highest BCUT2D eigenvalue weighted by Crippen LogP contribution is 2.22. The van der Waals surface area contributed by atoms with Crippen molar-refractivity contribution in [3.63, 3.8) is 0 Å². The van der Waals surface area contributed by atoms with Gasteiger partial charge in [-0.2, -0.15) is 0 Å². The van der Waals surface area contributed by atoms with E-state index in [2.05, 4.69) is 23.7 Å². The maximum absolute atomic E-state index is 12.1. The molecule has 0 bridgehead atoms. The molecule has 0 aliphatic carbocycles. The Bertz CT molecular complexity index is 820. The minimum Gasteiger partial charge on any atom is -0.402 e. The molecule has 0 atom stereocenters. The molecule has 5 heteroatoms. The normalized spacial score (nSPS) is 15.2. The van der Waals surface area contributed by atoms with Crippen molar-refractivity contribution >= 4 is 35.2 Å². The first-order chi connectivity index (χ1) is 12.1. The molecule has 25 heavy (non-hydrogen) atoms. The number of aliphatic imine (C=N–C) groups is 1. The van der Waals surface area contributed by atoms with Gasteiger partial charge in [-0.25, -0.2) is 9.79 Å². The van der Waals surface area contributed by atoms with E-state index in [4.69, 9.17) is 16.3 Å². The summed E-state index contributed by atoms with van der Waals surface area (Å²) in [7, 11) is 0. The number of ether oxygens (including phenoxy) is 1. The van der Waals surface area contributed by atoms with Gasteiger partial charge in [-0.15, -0.1) is 0 Å². The third-order valence-electron chi connectivity index (χ3n) is 4.04. The van der Waals surface area contributed by atoms with Crippen molar-refractivity contribution in [3.8, 4) is 0 Å². The van der Waals surface area contributed by atoms with Gasteiger partial charge in [0.15, 0.2) is 5.70 Å². The molecule has 1 heterocycles. The summed E-state index contributed by atoms with van der Waals surface area (Å²) >= 11 is 5.88. The highest BCUT2D eigenvalue weighted by molar-refractivity contribution is 6.30. The fourth-order valence-corrected chi connectivity index (χ4v) is 2.78. The molecule has 1 aliphatic rings. The standard InChI is InChI=1S/C20H19ClN2O2/c1-3-23(4-2)17-11-5-14(6-12-17)13-18-20(24)25-19(22-18)15-7-9-16(21)10-8-15/h5-13H,3-4H2,1-2H3/b18-13+. The molecular weight excluding hydrogens is 336 g/mol. The fraction of sp³-hybridized carbons (Fsp3) is 0.200. The first kappa shape index (κ1) is 17.2. The molecule has 0 N–H and O–H groups in total. The van der Waals surface area contributed by atoms with Gasteiger partial charge >= 0.3 is 5.97 Å². The molecule has 0 unspecified atom stereocenters. The quantitative estimate of drug-likeness (QED) is 0.585. The zero-order chi connectivity index (χ0) is 17.8. The zero-order valence-electron chi connectivity index (χ0n) is 14.2. The minimum absolute atomic E-state index is 0.292. The first-order valence-electron chi connectivity index (χ1n) is 8.24. The number of halogens is 1. The average Bonchev–Trinajstić information content (AvgIpc) is 2.99. The van der Waals surface area contributed by atoms with Crippen LogP contribution in [-0.2, 0) is 9.53 Å². The summed E-state index contributed by atoms with van der Waals surface area (Å²) in [5, 5.41) is 0.623. The molecular formula is C20H19ClN2O2. The molecule has 0 aromatic heterocycles. The molecule has 2 aromatic carbocycles. The summed E-state index contributed by atoms with van der Waals surface area (Å²) in [5.74, 6) is -0.148. The molecule has 128 valence electrons. The molecule has 0 spiro atoms. The number of anilines is 1. The second kappa shape index (κ2) is 7.53. The van der Waals surface area contributed by atoms with Gasteiger partial charge in [0.1, 0.15) is 0 Å². The maximum atomic E-state index is 12.1. The van der Waals surface area contributed by atoms with E-state index < -0.39 is 5.97 Å². The molecule has 0 saturated heterocycles. The highest BCUT2D eigenvalue weighted by Gasteiger charge is 2.24. The van der Waals surface area contributed by atoms with E-state index in [0.717, 1.165) is 29.9 Å². The number of benzene rings is 2. The van der Waals surface area contributed by atoms with E-state index in [1.54, 1.807) is 30.3 Å². The third kappa shape index (κ3) is 3.91. The van der Waals surface area contributed by atoms with Crippen LogP contribution in [0.2, 0.25) is 5.02 Å². The third-order valence-corrected chi connectivity index (χ3v) is 4.29. The van der Waals surface area contributed by atoms with Crippen LogP contribution in [0.25, 0.3) is 6.08 Å². The van der Waals surface area contributed by atoms with Gasteiger partial charge in [-0.05, 0) is 61.9 Å². The predicted octanol–water partition coefficient (Wildman–Crippen LogP) is 4.53. The van der Waals surface area contributed by atoms with Crippen molar-refractivity contribution in [3.05, 3.63) is 70.4 Å². The van der Waals surface area contributed by atoms with E-state index >= 15 is 0 Å². The van der Waals surface area contributed by atoms with E-state index in [9.17, 15) is 4.79 Å². The molecule has 0 saturated carbocycles. The van der Waals surface area contributed by atoms with Gasteiger partial charge < -0.3 is 9.64 Å². The highest BCUT2D eigenvalue weighted by atomic mass is 35.5. The number of hydrogen-bond donors (Lipinski definition) is 0. The van der Waals surface area contributed by atoms with Gasteiger partial charge in [0.25, 0.3) is 0 Å². The van der Waals surface area contributed by atoms with Crippen molar-refractivity contribution in [2.24, 2.45) is 4.99 Å². The summed E-state index contributed by atoms with van der Waals surface area (Å²) in [5.41, 5.74) is 3.08. The lowest BCUT2D eigenvalue weighted by atomic mass is 10.1. The second-order valence-electron chi connectivity index (χ2n) is 5.61. The number of esters is 1. The number of hydrogen-bond acceptors (Lipinski definition) is 4. The van der Waals surface area contributed by atoms with E-state index in [0.29, 0.717) is 16.6 Å². The Kier molecular flexibility index (Phi) is 5.19. The summed E-state index contributed by atoms with van der Waals surface area (Å²) < 4.78 is 5.26. The van der Waals surface area contributed by atoms with E-state index in [1.807, 2.05) is 24.3 Å². The second-order valence-corrected chi connectivity index (χ2v) is 6.04. The Hall–Kier alpha value is -2.59. The van der Waals surface area contributed by atoms with Crippen LogP contribution in [-0.4, -0.2) is 25.0 Å². The van der Waals surface area contributed by atoms with Crippen LogP contribution in [0.15, 0.2) is 59.2 Å². The minimum atomic E-state index is -0.447. The number of carbonyl (C=O) groups is 1. The van der Waals surface area contributed by atoms with Crippen molar-refractivity contribution < 1.29 is 9.53 Å². The monoisotopic (exact) mass is 354 g/mol. The lowest BCUT2D eigenvalue weighted by molar-refractivity contribution is -0.129. The van der Waals surface area contributed by atoms with Crippen molar-refractivity contribution in [1.82, 2.24) is 0 Å². The smallest absolute Gasteiger partial charge is 0.363 e. The summed E-state index contributed by atoms with van der Waals surface area (Å²) in [6, 6.07) is 15.1. The SMILES string of the molecule is CCN(CC)c1ccc(/C=C2/N=C(c3ccc(Cl)cc3)OC2=O)cc1. The van der Waals surface area contributed by atoms with Crippen LogP contribution in [0.5, 0.6) is 0 Å².